The topological polar surface area (TPSA) is 320 Å². The lowest BCUT2D eigenvalue weighted by Crippen LogP contribution is -2.66. The molecule has 0 aromatic carbocycles. The molecule has 0 amide bonds. The van der Waals surface area contributed by atoms with E-state index in [9.17, 15) is 51.3 Å². The molecule has 0 saturated carbocycles. The maximum atomic E-state index is 11.2. The molecule has 1 fully saturated rings. The fourth-order valence-corrected chi connectivity index (χ4v) is 4.01. The quantitative estimate of drug-likeness (QED) is 0.0700. The average molecular weight is 574 g/mol. The molecule has 2 aliphatic heterocycles. The van der Waals surface area contributed by atoms with Crippen LogP contribution in [0, 0.1) is 0 Å². The molecule has 2 rings (SSSR count). The second-order valence-electron chi connectivity index (χ2n) is 6.36. The minimum absolute atomic E-state index is 0.450. The average Bonchev–Trinajstić information content (AvgIpc) is 2.74. The number of aliphatic hydroxyl groups is 3. The molecule has 1 saturated heterocycles. The smallest absolute Gasteiger partial charge is 0.371 e. The molecule has 0 aliphatic carbocycles. The molecule has 0 spiro atoms. The van der Waals surface area contributed by atoms with E-state index in [0.29, 0.717) is 6.08 Å². The van der Waals surface area contributed by atoms with Gasteiger partial charge in [-0.25, -0.2) is 31.2 Å². The van der Waals surface area contributed by atoms with Gasteiger partial charge in [0.25, 0.3) is 0 Å². The number of carbonyl (C=O) groups is 1. The Hall–Kier alpha value is -1.55. The molecule has 0 aromatic rings. The van der Waals surface area contributed by atoms with Crippen molar-refractivity contribution in [3.8, 4) is 0 Å². The van der Waals surface area contributed by atoms with Gasteiger partial charge in [-0.05, 0) is 6.08 Å². The normalized spacial score (nSPS) is 33.6. The predicted octanol–water partition coefficient (Wildman–Crippen LogP) is -6.71. The summed E-state index contributed by atoms with van der Waals surface area (Å²) in [5.74, 6) is -2.82. The molecule has 0 radical (unpaired) electrons. The minimum Gasteiger partial charge on any atom is -0.735 e. The zero-order valence-electron chi connectivity index (χ0n) is 16.5. The highest BCUT2D eigenvalue weighted by Crippen LogP contribution is 2.31. The number of rotatable bonds is 10. The first-order valence-electron chi connectivity index (χ1n) is 8.55. The van der Waals surface area contributed by atoms with Crippen LogP contribution in [0.1, 0.15) is 0 Å². The van der Waals surface area contributed by atoms with E-state index >= 15 is 0 Å². The van der Waals surface area contributed by atoms with Crippen molar-refractivity contribution < 1.29 is 88.9 Å². The monoisotopic (exact) mass is 574 g/mol. The standard InChI is InChI=1S/C12H19NO18S2.OS/c14-2-5-8(9(29-31-19)6(11(18)26-5)13-32(20,21)22)28-12-7(30-33(23,24)25)3(15)1-4(27-12)10(16)17;1-2/h1,3,5-9,11-15,18-19H,2H2,(H,16,17)(H,20,21,22)(H,23,24,25);/p-3/t3-,5?,6?,7?,8+,9+,11?,12-;/m0./s1. The van der Waals surface area contributed by atoms with Gasteiger partial charge in [-0.15, -0.1) is 0 Å². The Labute approximate surface area is 200 Å². The summed E-state index contributed by atoms with van der Waals surface area (Å²) >= 11 is 2.83. The lowest BCUT2D eigenvalue weighted by Gasteiger charge is -2.46. The van der Waals surface area contributed by atoms with Crippen molar-refractivity contribution in [2.24, 2.45) is 0 Å². The van der Waals surface area contributed by atoms with Crippen molar-refractivity contribution in [3.63, 3.8) is 0 Å². The van der Waals surface area contributed by atoms with Crippen LogP contribution < -0.4 is 9.98 Å². The zero-order chi connectivity index (χ0) is 27.1. The first-order valence-corrected chi connectivity index (χ1v) is 11.6. The fraction of sp³-hybridized carbons (Fsp3) is 0.750. The van der Waals surface area contributed by atoms with Crippen molar-refractivity contribution in [3.05, 3.63) is 11.8 Å². The summed E-state index contributed by atoms with van der Waals surface area (Å²) in [4.78, 5) is 15.5. The lowest BCUT2D eigenvalue weighted by molar-refractivity contribution is -0.807. The van der Waals surface area contributed by atoms with E-state index in [1.165, 1.54) is 4.72 Å². The number of hydrogen-bond acceptors (Lipinski definition) is 19. The van der Waals surface area contributed by atoms with Gasteiger partial charge in [0.2, 0.25) is 22.4 Å². The van der Waals surface area contributed by atoms with Crippen LogP contribution in [0.5, 0.6) is 0 Å². The van der Waals surface area contributed by atoms with Gasteiger partial charge in [0.15, 0.2) is 35.2 Å². The molecule has 4 unspecified atom stereocenters. The van der Waals surface area contributed by atoms with Crippen LogP contribution in [0.2, 0.25) is 0 Å². The SMILES string of the molecule is O=C(O)C1=C[C@H](O)C(OS(=O)(=O)[O-])[C@H](O[C@@H]2C(CO)OC(O)C(NS(=O)(=O)[O-])[C@H]2OO[O-])O1.O=S. The van der Waals surface area contributed by atoms with Gasteiger partial charge in [0, 0.05) is 0 Å². The maximum Gasteiger partial charge on any atom is 0.371 e. The Kier molecular flexibility index (Phi) is 11.8. The molecule has 35 heavy (non-hydrogen) atoms. The van der Waals surface area contributed by atoms with E-state index in [2.05, 4.69) is 26.6 Å². The third-order valence-corrected chi connectivity index (χ3v) is 5.20. The van der Waals surface area contributed by atoms with Gasteiger partial charge in [0.05, 0.1) is 6.61 Å². The third kappa shape index (κ3) is 9.12. The number of carboxylic acid groups (broad SMARTS) is 1. The van der Waals surface area contributed by atoms with Crippen molar-refractivity contribution in [2.75, 3.05) is 6.61 Å². The van der Waals surface area contributed by atoms with Crippen molar-refractivity contribution >= 4 is 39.2 Å². The highest BCUT2D eigenvalue weighted by Gasteiger charge is 2.51. The molecule has 204 valence electrons. The number of aliphatic hydroxyl groups excluding tert-OH is 3. The molecule has 2 aliphatic rings. The number of nitrogens with one attached hydrogen (secondary N) is 1. The number of aliphatic carboxylic acids is 1. The van der Waals surface area contributed by atoms with Crippen molar-refractivity contribution in [1.82, 2.24) is 4.72 Å². The Morgan fingerprint density at radius 3 is 2.20 bits per heavy atom. The number of hydrogen-bond donors (Lipinski definition) is 5. The molecule has 0 aromatic heterocycles. The van der Waals surface area contributed by atoms with Crippen LogP contribution in [0.4, 0.5) is 0 Å². The van der Waals surface area contributed by atoms with Gasteiger partial charge in [-0.2, -0.15) is 4.21 Å². The lowest BCUT2D eigenvalue weighted by atomic mass is 9.97. The van der Waals surface area contributed by atoms with Crippen LogP contribution in [0.15, 0.2) is 11.8 Å². The summed E-state index contributed by atoms with van der Waals surface area (Å²) in [5.41, 5.74) is 0. The van der Waals surface area contributed by atoms with Gasteiger partial charge in [0.1, 0.15) is 30.5 Å². The predicted molar refractivity (Wildman–Crippen MR) is 94.7 cm³/mol. The molecule has 20 nitrogen and oxygen atoms in total. The number of ether oxygens (including phenoxy) is 3. The van der Waals surface area contributed by atoms with Gasteiger partial charge in [-0.1, -0.05) is 0 Å². The Morgan fingerprint density at radius 2 is 1.74 bits per heavy atom. The largest absolute Gasteiger partial charge is 0.735 e. The summed E-state index contributed by atoms with van der Waals surface area (Å²) in [7, 11) is -10.9. The second-order valence-corrected chi connectivity index (χ2v) is 8.51. The summed E-state index contributed by atoms with van der Waals surface area (Å²) in [6.45, 7) is -1.07. The Morgan fingerprint density at radius 1 is 1.14 bits per heavy atom. The van der Waals surface area contributed by atoms with E-state index in [1.54, 1.807) is 0 Å². The Balaban J connectivity index is 0.00000298. The van der Waals surface area contributed by atoms with Gasteiger partial charge >= 0.3 is 5.97 Å². The fourth-order valence-electron chi connectivity index (χ4n) is 2.95. The van der Waals surface area contributed by atoms with Gasteiger partial charge in [-0.3, -0.25) is 9.22 Å². The van der Waals surface area contributed by atoms with Crippen molar-refractivity contribution in [1.29, 1.82) is 0 Å². The summed E-state index contributed by atoms with van der Waals surface area (Å²) < 4.78 is 94.4. The molecule has 0 bridgehead atoms. The summed E-state index contributed by atoms with van der Waals surface area (Å²) in [5, 5.41) is 52.2. The van der Waals surface area contributed by atoms with E-state index in [4.69, 9.17) is 23.5 Å². The van der Waals surface area contributed by atoms with Gasteiger partial charge < -0.3 is 49.0 Å². The van der Waals surface area contributed by atoms with E-state index in [0.717, 1.165) is 0 Å². The van der Waals surface area contributed by atoms with E-state index in [-0.39, 0.29) is 0 Å². The highest BCUT2D eigenvalue weighted by molar-refractivity contribution is 7.83. The molecule has 2 heterocycles. The molecular weight excluding hydrogens is 558 g/mol. The van der Waals surface area contributed by atoms with Crippen LogP contribution in [-0.4, -0.2) is 112 Å². The van der Waals surface area contributed by atoms with Crippen LogP contribution in [-0.2, 0) is 66.4 Å². The third-order valence-electron chi connectivity index (χ3n) is 4.18. The highest BCUT2D eigenvalue weighted by atomic mass is 32.3. The molecular formula is C12H16NO19S3-3. The minimum atomic E-state index is -5.56. The van der Waals surface area contributed by atoms with Crippen LogP contribution in [0.25, 0.3) is 0 Å². The summed E-state index contributed by atoms with van der Waals surface area (Å²) in [6.07, 6.45) is -14.4. The van der Waals surface area contributed by atoms with E-state index < -0.39 is 88.2 Å². The van der Waals surface area contributed by atoms with Crippen LogP contribution >= 0.6 is 0 Å². The van der Waals surface area contributed by atoms with Crippen molar-refractivity contribution in [2.45, 2.75) is 49.1 Å². The maximum absolute atomic E-state index is 11.2. The first kappa shape index (κ1) is 31.5. The second kappa shape index (κ2) is 13.1. The summed E-state index contributed by atoms with van der Waals surface area (Å²) in [6, 6.07) is -2.14. The first-order chi connectivity index (χ1) is 16.2. The molecule has 5 N–H and O–H groups in total. The van der Waals surface area contributed by atoms with E-state index in [1.807, 2.05) is 0 Å². The molecule has 23 heteroatoms. The molecule has 8 atom stereocenters. The Bertz CT molecular complexity index is 954. The van der Waals surface area contributed by atoms with Crippen LogP contribution in [0.3, 0.4) is 0 Å². The zero-order valence-corrected chi connectivity index (χ0v) is 19.0. The number of carboxylic acids is 1.